The maximum atomic E-state index is 3.89. The molecule has 2 aromatic carbocycles. The second kappa shape index (κ2) is 5.83. The molecule has 0 atom stereocenters. The van der Waals surface area contributed by atoms with Gasteiger partial charge in [0.1, 0.15) is 0 Å². The standard InChI is InChI=1S/C16H15Br/c1-13(17)11-12-15-9-5-6-10-16(15)14-7-3-2-4-8-14/h2-10H,1,11-12H2. The van der Waals surface area contributed by atoms with Crippen LogP contribution in [0.1, 0.15) is 12.0 Å². The minimum absolute atomic E-state index is 0.976. The van der Waals surface area contributed by atoms with Gasteiger partial charge < -0.3 is 0 Å². The highest BCUT2D eigenvalue weighted by Gasteiger charge is 2.03. The van der Waals surface area contributed by atoms with Crippen LogP contribution >= 0.6 is 15.9 Å². The smallest absolute Gasteiger partial charge is 0.0118 e. The Bertz CT molecular complexity index is 500. The molecular formula is C16H15Br. The van der Waals surface area contributed by atoms with Crippen molar-refractivity contribution >= 4 is 15.9 Å². The van der Waals surface area contributed by atoms with Crippen LogP contribution in [0.5, 0.6) is 0 Å². The van der Waals surface area contributed by atoms with Gasteiger partial charge in [-0.1, -0.05) is 77.1 Å². The largest absolute Gasteiger partial charge is 0.0888 e. The van der Waals surface area contributed by atoms with Crippen LogP contribution in [-0.4, -0.2) is 0 Å². The molecular weight excluding hydrogens is 272 g/mol. The minimum Gasteiger partial charge on any atom is -0.0888 e. The molecule has 0 heterocycles. The van der Waals surface area contributed by atoms with Gasteiger partial charge in [-0.25, -0.2) is 0 Å². The molecule has 0 aliphatic heterocycles. The Labute approximate surface area is 111 Å². The van der Waals surface area contributed by atoms with E-state index in [0.717, 1.165) is 17.3 Å². The van der Waals surface area contributed by atoms with Gasteiger partial charge in [-0.3, -0.25) is 0 Å². The molecule has 0 spiro atoms. The van der Waals surface area contributed by atoms with E-state index in [-0.39, 0.29) is 0 Å². The second-order valence-electron chi connectivity index (χ2n) is 4.04. The third-order valence-electron chi connectivity index (χ3n) is 2.77. The van der Waals surface area contributed by atoms with Crippen molar-refractivity contribution < 1.29 is 0 Å². The van der Waals surface area contributed by atoms with Crippen molar-refractivity contribution in [2.75, 3.05) is 0 Å². The monoisotopic (exact) mass is 286 g/mol. The maximum absolute atomic E-state index is 3.89. The fourth-order valence-corrected chi connectivity index (χ4v) is 2.11. The molecule has 2 rings (SSSR count). The van der Waals surface area contributed by atoms with E-state index in [1.807, 2.05) is 6.07 Å². The number of benzene rings is 2. The summed E-state index contributed by atoms with van der Waals surface area (Å²) in [5.41, 5.74) is 3.98. The summed E-state index contributed by atoms with van der Waals surface area (Å²) in [6.45, 7) is 3.89. The van der Waals surface area contributed by atoms with Gasteiger partial charge in [0.2, 0.25) is 0 Å². The molecule has 0 nitrogen and oxygen atoms in total. The summed E-state index contributed by atoms with van der Waals surface area (Å²) in [5.74, 6) is 0. The van der Waals surface area contributed by atoms with E-state index in [1.54, 1.807) is 0 Å². The molecule has 0 saturated heterocycles. The molecule has 2 aromatic rings. The summed E-state index contributed by atoms with van der Waals surface area (Å²) in [4.78, 5) is 0. The number of hydrogen-bond donors (Lipinski definition) is 0. The first-order valence-corrected chi connectivity index (χ1v) is 6.53. The molecule has 86 valence electrons. The van der Waals surface area contributed by atoms with Crippen molar-refractivity contribution in [3.05, 3.63) is 71.2 Å². The maximum Gasteiger partial charge on any atom is -0.0118 e. The first-order chi connectivity index (χ1) is 8.27. The topological polar surface area (TPSA) is 0 Å². The second-order valence-corrected chi connectivity index (χ2v) is 5.16. The van der Waals surface area contributed by atoms with Gasteiger partial charge >= 0.3 is 0 Å². The van der Waals surface area contributed by atoms with Gasteiger partial charge in [0.25, 0.3) is 0 Å². The summed E-state index contributed by atoms with van der Waals surface area (Å²) in [6.07, 6.45) is 2.00. The average molecular weight is 287 g/mol. The average Bonchev–Trinajstić information content (AvgIpc) is 2.38. The molecule has 17 heavy (non-hydrogen) atoms. The first-order valence-electron chi connectivity index (χ1n) is 5.74. The Morgan fingerprint density at radius 3 is 2.29 bits per heavy atom. The summed E-state index contributed by atoms with van der Waals surface area (Å²) >= 11 is 3.42. The highest BCUT2D eigenvalue weighted by molar-refractivity contribution is 9.11. The molecule has 0 N–H and O–H groups in total. The van der Waals surface area contributed by atoms with E-state index in [9.17, 15) is 0 Å². The highest BCUT2D eigenvalue weighted by Crippen LogP contribution is 2.25. The van der Waals surface area contributed by atoms with E-state index >= 15 is 0 Å². The van der Waals surface area contributed by atoms with Crippen molar-refractivity contribution in [2.24, 2.45) is 0 Å². The van der Waals surface area contributed by atoms with Crippen molar-refractivity contribution in [1.82, 2.24) is 0 Å². The molecule has 0 amide bonds. The highest BCUT2D eigenvalue weighted by atomic mass is 79.9. The van der Waals surface area contributed by atoms with Gasteiger partial charge in [0, 0.05) is 0 Å². The number of aryl methyl sites for hydroxylation is 1. The van der Waals surface area contributed by atoms with Crippen molar-refractivity contribution in [3.63, 3.8) is 0 Å². The normalized spacial score (nSPS) is 10.2. The van der Waals surface area contributed by atoms with E-state index < -0.39 is 0 Å². The Morgan fingerprint density at radius 2 is 1.59 bits per heavy atom. The SMILES string of the molecule is C=C(Br)CCc1ccccc1-c1ccccc1. The van der Waals surface area contributed by atoms with Crippen LogP contribution in [0.15, 0.2) is 65.7 Å². The molecule has 0 aromatic heterocycles. The number of allylic oxidation sites excluding steroid dienone is 1. The fourth-order valence-electron chi connectivity index (χ4n) is 1.91. The van der Waals surface area contributed by atoms with Crippen molar-refractivity contribution in [1.29, 1.82) is 0 Å². The molecule has 0 saturated carbocycles. The molecule has 0 unspecified atom stereocenters. The predicted molar refractivity (Wildman–Crippen MR) is 78.3 cm³/mol. The molecule has 1 heteroatoms. The van der Waals surface area contributed by atoms with E-state index in [1.165, 1.54) is 16.7 Å². The van der Waals surface area contributed by atoms with E-state index in [4.69, 9.17) is 0 Å². The third-order valence-corrected chi connectivity index (χ3v) is 3.16. The van der Waals surface area contributed by atoms with Crippen LogP contribution in [0.2, 0.25) is 0 Å². The Hall–Kier alpha value is -1.34. The van der Waals surface area contributed by atoms with E-state index in [0.29, 0.717) is 0 Å². The van der Waals surface area contributed by atoms with E-state index in [2.05, 4.69) is 71.0 Å². The zero-order valence-electron chi connectivity index (χ0n) is 9.70. The van der Waals surface area contributed by atoms with Gasteiger partial charge in [0.05, 0.1) is 0 Å². The van der Waals surface area contributed by atoms with Gasteiger partial charge in [-0.15, -0.1) is 0 Å². The van der Waals surface area contributed by atoms with Crippen molar-refractivity contribution in [2.45, 2.75) is 12.8 Å². The summed E-state index contributed by atoms with van der Waals surface area (Å²) in [5, 5.41) is 0. The summed E-state index contributed by atoms with van der Waals surface area (Å²) < 4.78 is 1.06. The third kappa shape index (κ3) is 3.31. The lowest BCUT2D eigenvalue weighted by Gasteiger charge is -2.09. The Morgan fingerprint density at radius 1 is 0.941 bits per heavy atom. The number of halogens is 1. The Balaban J connectivity index is 2.31. The van der Waals surface area contributed by atoms with Crippen LogP contribution < -0.4 is 0 Å². The van der Waals surface area contributed by atoms with Crippen LogP contribution in [0, 0.1) is 0 Å². The molecule has 0 radical (unpaired) electrons. The predicted octanol–water partition coefficient (Wildman–Crippen LogP) is 5.19. The lowest BCUT2D eigenvalue weighted by Crippen LogP contribution is -1.89. The van der Waals surface area contributed by atoms with Gasteiger partial charge in [-0.2, -0.15) is 0 Å². The zero-order valence-corrected chi connectivity index (χ0v) is 11.3. The fraction of sp³-hybridized carbons (Fsp3) is 0.125. The lowest BCUT2D eigenvalue weighted by molar-refractivity contribution is 0.998. The van der Waals surface area contributed by atoms with Crippen LogP contribution in [0.3, 0.4) is 0 Å². The van der Waals surface area contributed by atoms with Crippen LogP contribution in [-0.2, 0) is 6.42 Å². The van der Waals surface area contributed by atoms with Gasteiger partial charge in [0.15, 0.2) is 0 Å². The summed E-state index contributed by atoms with van der Waals surface area (Å²) in [6, 6.07) is 19.1. The molecule has 0 fully saturated rings. The molecule has 0 aliphatic carbocycles. The van der Waals surface area contributed by atoms with Gasteiger partial charge in [-0.05, 0) is 34.0 Å². The van der Waals surface area contributed by atoms with Crippen LogP contribution in [0.4, 0.5) is 0 Å². The summed E-state index contributed by atoms with van der Waals surface area (Å²) in [7, 11) is 0. The first kappa shape index (κ1) is 12.1. The molecule has 0 bridgehead atoms. The quantitative estimate of drug-likeness (QED) is 0.725. The minimum atomic E-state index is 0.976. The lowest BCUT2D eigenvalue weighted by atomic mass is 9.97. The molecule has 0 aliphatic rings. The number of hydrogen-bond acceptors (Lipinski definition) is 0. The van der Waals surface area contributed by atoms with Crippen molar-refractivity contribution in [3.8, 4) is 11.1 Å². The zero-order chi connectivity index (χ0) is 12.1. The number of rotatable bonds is 4. The Kier molecular flexibility index (Phi) is 4.16. The van der Waals surface area contributed by atoms with Crippen LogP contribution in [0.25, 0.3) is 11.1 Å².